The van der Waals surface area contributed by atoms with Gasteiger partial charge >= 0.3 is 5.97 Å². The van der Waals surface area contributed by atoms with E-state index in [4.69, 9.17) is 4.74 Å². The van der Waals surface area contributed by atoms with Crippen LogP contribution in [0.15, 0.2) is 0 Å². The van der Waals surface area contributed by atoms with Crippen molar-refractivity contribution in [3.05, 3.63) is 0 Å². The highest BCUT2D eigenvalue weighted by Gasteiger charge is 2.33. The number of ether oxygens (including phenoxy) is 1. The number of aliphatic hydroxyl groups is 1. The molecule has 0 amide bonds. The lowest BCUT2D eigenvalue weighted by atomic mass is 9.86. The first-order valence-corrected chi connectivity index (χ1v) is 14.9. The summed E-state index contributed by atoms with van der Waals surface area (Å²) in [4.78, 5) is 24.3. The Kier molecular flexibility index (Phi) is 19.6. The number of unbranched alkanes of at least 4 members (excludes halogenated alkanes) is 12. The standard InChI is InChI=1S/C30H56O4/c1-3-5-7-8-9-10-13-17-25-34-30(33)20-16-12-11-15-19-28-26(22-24-29(28)32)21-23-27(31)18-14-6-4-2/h26-28,31H,3-25H2,1-2H3/t26-,27?,28+/m0/s1. The van der Waals surface area contributed by atoms with E-state index in [2.05, 4.69) is 13.8 Å². The summed E-state index contributed by atoms with van der Waals surface area (Å²) >= 11 is 0. The first-order valence-electron chi connectivity index (χ1n) is 14.9. The van der Waals surface area contributed by atoms with Crippen LogP contribution in [0.25, 0.3) is 0 Å². The van der Waals surface area contributed by atoms with Crippen LogP contribution in [0.5, 0.6) is 0 Å². The summed E-state index contributed by atoms with van der Waals surface area (Å²) in [5.74, 6) is 1.07. The second-order valence-electron chi connectivity index (χ2n) is 10.7. The van der Waals surface area contributed by atoms with Crippen LogP contribution in [-0.2, 0) is 14.3 Å². The molecule has 0 spiro atoms. The van der Waals surface area contributed by atoms with Gasteiger partial charge < -0.3 is 9.84 Å². The van der Waals surface area contributed by atoms with Gasteiger partial charge in [-0.05, 0) is 50.9 Å². The maximum absolute atomic E-state index is 12.4. The number of hydrogen-bond donors (Lipinski definition) is 1. The molecular weight excluding hydrogens is 424 g/mol. The predicted molar refractivity (Wildman–Crippen MR) is 142 cm³/mol. The Bertz CT molecular complexity index is 504. The number of rotatable bonds is 23. The van der Waals surface area contributed by atoms with Crippen molar-refractivity contribution in [3.8, 4) is 0 Å². The number of Topliss-reactive ketones (excluding diaryl/α,β-unsaturated/α-hetero) is 1. The van der Waals surface area contributed by atoms with E-state index in [1.807, 2.05) is 0 Å². The molecule has 0 aliphatic heterocycles. The van der Waals surface area contributed by atoms with E-state index in [1.165, 1.54) is 51.4 Å². The van der Waals surface area contributed by atoms with E-state index in [9.17, 15) is 14.7 Å². The maximum atomic E-state index is 12.4. The molecule has 0 aromatic heterocycles. The van der Waals surface area contributed by atoms with Crippen LogP contribution in [0.3, 0.4) is 0 Å². The van der Waals surface area contributed by atoms with Gasteiger partial charge in [0.25, 0.3) is 0 Å². The third-order valence-electron chi connectivity index (χ3n) is 7.66. The molecule has 4 nitrogen and oxygen atoms in total. The Morgan fingerprint density at radius 2 is 1.44 bits per heavy atom. The molecule has 200 valence electrons. The molecule has 1 aliphatic rings. The minimum atomic E-state index is -0.196. The smallest absolute Gasteiger partial charge is 0.305 e. The van der Waals surface area contributed by atoms with Gasteiger partial charge in [-0.15, -0.1) is 0 Å². The van der Waals surface area contributed by atoms with Gasteiger partial charge in [0, 0.05) is 18.8 Å². The number of ketones is 1. The Balaban J connectivity index is 2.00. The van der Waals surface area contributed by atoms with Gasteiger partial charge in [0.2, 0.25) is 0 Å². The van der Waals surface area contributed by atoms with Crippen LogP contribution in [-0.4, -0.2) is 29.6 Å². The minimum Gasteiger partial charge on any atom is -0.466 e. The Morgan fingerprint density at radius 1 is 0.824 bits per heavy atom. The van der Waals surface area contributed by atoms with Crippen molar-refractivity contribution >= 4 is 11.8 Å². The highest BCUT2D eigenvalue weighted by molar-refractivity contribution is 5.83. The van der Waals surface area contributed by atoms with Crippen molar-refractivity contribution < 1.29 is 19.4 Å². The molecule has 0 saturated heterocycles. The van der Waals surface area contributed by atoms with E-state index in [0.29, 0.717) is 24.7 Å². The maximum Gasteiger partial charge on any atom is 0.305 e. The summed E-state index contributed by atoms with van der Waals surface area (Å²) in [7, 11) is 0. The molecule has 0 heterocycles. The third kappa shape index (κ3) is 15.9. The molecule has 34 heavy (non-hydrogen) atoms. The van der Waals surface area contributed by atoms with Crippen molar-refractivity contribution in [2.24, 2.45) is 11.8 Å². The van der Waals surface area contributed by atoms with Gasteiger partial charge in [-0.1, -0.05) is 97.3 Å². The summed E-state index contributed by atoms with van der Waals surface area (Å²) < 4.78 is 5.38. The van der Waals surface area contributed by atoms with Gasteiger partial charge in [0.05, 0.1) is 12.7 Å². The largest absolute Gasteiger partial charge is 0.466 e. The van der Waals surface area contributed by atoms with Crippen molar-refractivity contribution in [3.63, 3.8) is 0 Å². The fourth-order valence-corrected chi connectivity index (χ4v) is 5.38. The van der Waals surface area contributed by atoms with Crippen LogP contribution < -0.4 is 0 Å². The zero-order chi connectivity index (χ0) is 24.9. The molecule has 1 N–H and O–H groups in total. The molecule has 1 aliphatic carbocycles. The third-order valence-corrected chi connectivity index (χ3v) is 7.66. The predicted octanol–water partition coefficient (Wildman–Crippen LogP) is 8.33. The number of esters is 1. The second-order valence-corrected chi connectivity index (χ2v) is 10.7. The van der Waals surface area contributed by atoms with Gasteiger partial charge in [-0.3, -0.25) is 9.59 Å². The van der Waals surface area contributed by atoms with Gasteiger partial charge in [-0.2, -0.15) is 0 Å². The lowest BCUT2D eigenvalue weighted by Gasteiger charge is -2.20. The van der Waals surface area contributed by atoms with Gasteiger partial charge in [-0.25, -0.2) is 0 Å². The van der Waals surface area contributed by atoms with Crippen LogP contribution in [0.4, 0.5) is 0 Å². The topological polar surface area (TPSA) is 63.6 Å². The van der Waals surface area contributed by atoms with E-state index in [-0.39, 0.29) is 18.0 Å². The second kappa shape index (κ2) is 21.4. The number of hydrogen-bond acceptors (Lipinski definition) is 4. The lowest BCUT2D eigenvalue weighted by molar-refractivity contribution is -0.143. The molecule has 1 rings (SSSR count). The molecule has 0 aromatic carbocycles. The molecule has 1 unspecified atom stereocenters. The normalized spacial score (nSPS) is 19.0. The number of carbonyl (C=O) groups is 2. The Labute approximate surface area is 211 Å². The summed E-state index contributed by atoms with van der Waals surface area (Å²) in [6.45, 7) is 5.00. The SMILES string of the molecule is CCCCCCCCCCOC(=O)CCCCCC[C@H]1C(=O)CC[C@@H]1CCC(O)CCCCC. The van der Waals surface area contributed by atoms with Crippen molar-refractivity contribution in [1.82, 2.24) is 0 Å². The molecule has 4 heteroatoms. The fraction of sp³-hybridized carbons (Fsp3) is 0.933. The van der Waals surface area contributed by atoms with Crippen LogP contribution >= 0.6 is 0 Å². The Morgan fingerprint density at radius 3 is 2.18 bits per heavy atom. The van der Waals surface area contributed by atoms with Crippen molar-refractivity contribution in [2.75, 3.05) is 6.61 Å². The molecule has 0 bridgehead atoms. The van der Waals surface area contributed by atoms with Crippen LogP contribution in [0, 0.1) is 11.8 Å². The van der Waals surface area contributed by atoms with E-state index >= 15 is 0 Å². The van der Waals surface area contributed by atoms with Crippen LogP contribution in [0.2, 0.25) is 0 Å². The average Bonchev–Trinajstić information content (AvgIpc) is 3.18. The van der Waals surface area contributed by atoms with Gasteiger partial charge in [0.1, 0.15) is 5.78 Å². The summed E-state index contributed by atoms with van der Waals surface area (Å²) in [6.07, 6.45) is 23.4. The average molecular weight is 481 g/mol. The first kappa shape index (κ1) is 31.1. The summed E-state index contributed by atoms with van der Waals surface area (Å²) in [5.41, 5.74) is 0. The molecule has 0 aromatic rings. The van der Waals surface area contributed by atoms with E-state index in [1.54, 1.807) is 0 Å². The molecule has 1 fully saturated rings. The van der Waals surface area contributed by atoms with E-state index in [0.717, 1.165) is 83.5 Å². The molecule has 3 atom stereocenters. The monoisotopic (exact) mass is 480 g/mol. The zero-order valence-electron chi connectivity index (χ0n) is 22.7. The van der Waals surface area contributed by atoms with Crippen molar-refractivity contribution in [2.45, 2.75) is 161 Å². The number of aliphatic hydroxyl groups excluding tert-OH is 1. The fourth-order valence-electron chi connectivity index (χ4n) is 5.38. The van der Waals surface area contributed by atoms with Gasteiger partial charge in [0.15, 0.2) is 0 Å². The Hall–Kier alpha value is -0.900. The summed E-state index contributed by atoms with van der Waals surface area (Å²) in [5, 5.41) is 10.2. The van der Waals surface area contributed by atoms with Crippen LogP contribution in [0.1, 0.15) is 155 Å². The van der Waals surface area contributed by atoms with Crippen molar-refractivity contribution in [1.29, 1.82) is 0 Å². The first-order chi connectivity index (χ1) is 16.6. The summed E-state index contributed by atoms with van der Waals surface area (Å²) in [6, 6.07) is 0. The molecule has 0 radical (unpaired) electrons. The molecule has 1 saturated carbocycles. The highest BCUT2D eigenvalue weighted by Crippen LogP contribution is 2.36. The van der Waals surface area contributed by atoms with E-state index < -0.39 is 0 Å². The zero-order valence-corrected chi connectivity index (χ0v) is 22.7. The quantitative estimate of drug-likeness (QED) is 0.118. The minimum absolute atomic E-state index is 0.0496. The highest BCUT2D eigenvalue weighted by atomic mass is 16.5. The molecular formula is C30H56O4. The lowest BCUT2D eigenvalue weighted by Crippen LogP contribution is -2.17. The number of carbonyl (C=O) groups excluding carboxylic acids is 2.